The second-order valence-electron chi connectivity index (χ2n) is 11.1. The lowest BCUT2D eigenvalue weighted by Gasteiger charge is -2.34. The molecule has 6 rings (SSSR count). The first-order chi connectivity index (χ1) is 20.4. The Hall–Kier alpha value is -4.44. The number of cyclic esters (lactones) is 1. The zero-order valence-corrected chi connectivity index (χ0v) is 23.7. The third-order valence-corrected chi connectivity index (χ3v) is 7.92. The van der Waals surface area contributed by atoms with Gasteiger partial charge in [-0.1, -0.05) is 36.4 Å². The second kappa shape index (κ2) is 12.2. The van der Waals surface area contributed by atoms with E-state index in [0.29, 0.717) is 56.7 Å². The molecule has 0 radical (unpaired) electrons. The molecule has 1 atom stereocenters. The molecule has 3 aromatic rings. The maximum atomic E-state index is 12.7. The lowest BCUT2D eigenvalue weighted by molar-refractivity contribution is 0.0566. The molecule has 10 nitrogen and oxygen atoms in total. The van der Waals surface area contributed by atoms with Gasteiger partial charge in [0.15, 0.2) is 0 Å². The van der Waals surface area contributed by atoms with Crippen LogP contribution in [0.2, 0.25) is 0 Å². The normalized spacial score (nSPS) is 19.0. The highest BCUT2D eigenvalue weighted by atomic mass is 16.6. The lowest BCUT2D eigenvalue weighted by Crippen LogP contribution is -2.50. The van der Waals surface area contributed by atoms with Gasteiger partial charge in [0.25, 0.3) is 5.91 Å². The molecule has 2 aliphatic heterocycles. The van der Waals surface area contributed by atoms with Gasteiger partial charge < -0.3 is 19.7 Å². The van der Waals surface area contributed by atoms with Crippen molar-refractivity contribution in [3.63, 3.8) is 0 Å². The highest BCUT2D eigenvalue weighted by Gasteiger charge is 2.35. The van der Waals surface area contributed by atoms with Crippen molar-refractivity contribution in [2.24, 2.45) is 0 Å². The number of nitrogens with zero attached hydrogens (tertiary/aromatic N) is 4. The van der Waals surface area contributed by atoms with Crippen molar-refractivity contribution in [3.05, 3.63) is 83.6 Å². The standard InChI is InChI=1S/C32H35N5O5/c1-22-7-8-24(30(38)34-26-10-11-26)17-28(22)25-9-12-29(33-18-25)37-20-27(42-32(37)40)19-35-13-15-36(16-14-35)31(39)41-21-23-5-3-2-4-6-23/h2-9,12,17-18,26-27H,10-11,13-16,19-21H2,1H3,(H,34,38). The average Bonchev–Trinajstić information content (AvgIpc) is 3.76. The van der Waals surface area contributed by atoms with E-state index in [0.717, 1.165) is 35.1 Å². The van der Waals surface area contributed by atoms with Crippen molar-refractivity contribution in [1.29, 1.82) is 0 Å². The van der Waals surface area contributed by atoms with Crippen LogP contribution in [-0.4, -0.2) is 84.3 Å². The summed E-state index contributed by atoms with van der Waals surface area (Å²) in [5, 5.41) is 3.03. The second-order valence-corrected chi connectivity index (χ2v) is 11.1. The number of hydrogen-bond donors (Lipinski definition) is 1. The lowest BCUT2D eigenvalue weighted by atomic mass is 9.99. The van der Waals surface area contributed by atoms with Crippen molar-refractivity contribution in [2.75, 3.05) is 44.2 Å². The van der Waals surface area contributed by atoms with Gasteiger partial charge in [0.05, 0.1) is 6.54 Å². The number of ether oxygens (including phenoxy) is 2. The summed E-state index contributed by atoms with van der Waals surface area (Å²) in [4.78, 5) is 47.8. The first-order valence-corrected chi connectivity index (χ1v) is 14.5. The summed E-state index contributed by atoms with van der Waals surface area (Å²) in [6.45, 7) is 5.72. The molecule has 3 fully saturated rings. The Balaban J connectivity index is 1.00. The van der Waals surface area contributed by atoms with Crippen LogP contribution in [0.5, 0.6) is 0 Å². The number of rotatable bonds is 8. The number of carbonyl (C=O) groups excluding carboxylic acids is 3. The summed E-state index contributed by atoms with van der Waals surface area (Å²) in [7, 11) is 0. The van der Waals surface area contributed by atoms with Crippen LogP contribution in [0.3, 0.4) is 0 Å². The number of amides is 3. The molecule has 2 aromatic carbocycles. The summed E-state index contributed by atoms with van der Waals surface area (Å²) >= 11 is 0. The van der Waals surface area contributed by atoms with E-state index in [4.69, 9.17) is 9.47 Å². The maximum Gasteiger partial charge on any atom is 0.415 e. The Morgan fingerprint density at radius 3 is 2.52 bits per heavy atom. The van der Waals surface area contributed by atoms with E-state index in [2.05, 4.69) is 15.2 Å². The summed E-state index contributed by atoms with van der Waals surface area (Å²) < 4.78 is 11.1. The first kappa shape index (κ1) is 27.7. The van der Waals surface area contributed by atoms with Crippen LogP contribution < -0.4 is 10.2 Å². The molecule has 1 N–H and O–H groups in total. The Kier molecular flexibility index (Phi) is 8.05. The number of pyridine rings is 1. The average molecular weight is 570 g/mol. The minimum absolute atomic E-state index is 0.0569. The van der Waals surface area contributed by atoms with Gasteiger partial charge in [0.2, 0.25) is 0 Å². The number of hydrogen-bond acceptors (Lipinski definition) is 7. The fourth-order valence-electron chi connectivity index (χ4n) is 5.29. The van der Waals surface area contributed by atoms with E-state index >= 15 is 0 Å². The molecule has 1 saturated carbocycles. The highest BCUT2D eigenvalue weighted by Crippen LogP contribution is 2.28. The quantitative estimate of drug-likeness (QED) is 0.433. The van der Waals surface area contributed by atoms with E-state index in [1.54, 1.807) is 16.0 Å². The smallest absolute Gasteiger partial charge is 0.415 e. The van der Waals surface area contributed by atoms with Crippen molar-refractivity contribution < 1.29 is 23.9 Å². The van der Waals surface area contributed by atoms with Crippen molar-refractivity contribution in [3.8, 4) is 11.1 Å². The number of piperazine rings is 1. The molecule has 1 unspecified atom stereocenters. The van der Waals surface area contributed by atoms with Crippen molar-refractivity contribution in [1.82, 2.24) is 20.1 Å². The van der Waals surface area contributed by atoms with Gasteiger partial charge in [-0.25, -0.2) is 14.6 Å². The minimum Gasteiger partial charge on any atom is -0.445 e. The van der Waals surface area contributed by atoms with E-state index in [1.165, 1.54) is 0 Å². The van der Waals surface area contributed by atoms with Crippen molar-refractivity contribution in [2.45, 2.75) is 38.5 Å². The van der Waals surface area contributed by atoms with Crippen LogP contribution in [-0.2, 0) is 16.1 Å². The van der Waals surface area contributed by atoms with Crippen LogP contribution >= 0.6 is 0 Å². The van der Waals surface area contributed by atoms with Gasteiger partial charge >= 0.3 is 12.2 Å². The number of aromatic nitrogens is 1. The fourth-order valence-corrected chi connectivity index (χ4v) is 5.29. The van der Waals surface area contributed by atoms with Crippen molar-refractivity contribution >= 4 is 23.9 Å². The molecule has 218 valence electrons. The number of anilines is 1. The summed E-state index contributed by atoms with van der Waals surface area (Å²) in [6, 6.07) is 19.3. The molecule has 0 bridgehead atoms. The number of benzene rings is 2. The molecule has 3 heterocycles. The zero-order chi connectivity index (χ0) is 29.1. The molecule has 0 spiro atoms. The van der Waals surface area contributed by atoms with Crippen LogP contribution in [0.1, 0.15) is 34.3 Å². The Labute approximate surface area is 245 Å². The summed E-state index contributed by atoms with van der Waals surface area (Å²) in [6.07, 6.45) is 2.79. The van der Waals surface area contributed by atoms with Gasteiger partial charge in [0, 0.05) is 56.1 Å². The minimum atomic E-state index is -0.418. The molecule has 3 aliphatic rings. The largest absolute Gasteiger partial charge is 0.445 e. The predicted molar refractivity (Wildman–Crippen MR) is 157 cm³/mol. The van der Waals surface area contributed by atoms with Crippen LogP contribution in [0, 0.1) is 6.92 Å². The predicted octanol–water partition coefficient (Wildman–Crippen LogP) is 4.23. The van der Waals surface area contributed by atoms with E-state index in [-0.39, 0.29) is 24.7 Å². The Morgan fingerprint density at radius 1 is 1.02 bits per heavy atom. The summed E-state index contributed by atoms with van der Waals surface area (Å²) in [5.74, 6) is 0.469. The number of aryl methyl sites for hydroxylation is 1. The third-order valence-electron chi connectivity index (χ3n) is 7.92. The van der Waals surface area contributed by atoms with E-state index < -0.39 is 6.09 Å². The highest BCUT2D eigenvalue weighted by molar-refractivity contribution is 5.96. The number of nitrogens with one attached hydrogen (secondary N) is 1. The van der Waals surface area contributed by atoms with Crippen LogP contribution in [0.15, 0.2) is 66.9 Å². The molecular weight excluding hydrogens is 534 g/mol. The fraction of sp³-hybridized carbons (Fsp3) is 0.375. The Bertz CT molecular complexity index is 1440. The monoisotopic (exact) mass is 569 g/mol. The van der Waals surface area contributed by atoms with Gasteiger partial charge in [0.1, 0.15) is 18.5 Å². The SMILES string of the molecule is Cc1ccc(C(=O)NC2CC2)cc1-c1ccc(N2CC(CN3CCN(C(=O)OCc4ccccc4)CC3)OC2=O)nc1. The molecule has 2 saturated heterocycles. The van der Waals surface area contributed by atoms with Gasteiger partial charge in [-0.15, -0.1) is 0 Å². The molecule has 10 heteroatoms. The van der Waals surface area contributed by atoms with E-state index in [9.17, 15) is 14.4 Å². The molecule has 42 heavy (non-hydrogen) atoms. The zero-order valence-electron chi connectivity index (χ0n) is 23.7. The summed E-state index contributed by atoms with van der Waals surface area (Å²) in [5.41, 5.74) is 4.43. The van der Waals surface area contributed by atoms with Gasteiger partial charge in [-0.2, -0.15) is 0 Å². The molecule has 1 aliphatic carbocycles. The first-order valence-electron chi connectivity index (χ1n) is 14.5. The van der Waals surface area contributed by atoms with Gasteiger partial charge in [-0.3, -0.25) is 14.6 Å². The van der Waals surface area contributed by atoms with E-state index in [1.807, 2.05) is 67.6 Å². The third kappa shape index (κ3) is 6.54. The maximum absolute atomic E-state index is 12.7. The van der Waals surface area contributed by atoms with Crippen LogP contribution in [0.4, 0.5) is 15.4 Å². The van der Waals surface area contributed by atoms with Crippen LogP contribution in [0.25, 0.3) is 11.1 Å². The number of carbonyl (C=O) groups is 3. The topological polar surface area (TPSA) is 104 Å². The molecule has 1 aromatic heterocycles. The van der Waals surface area contributed by atoms with Gasteiger partial charge in [-0.05, 0) is 60.7 Å². The Morgan fingerprint density at radius 2 is 1.81 bits per heavy atom. The molecule has 3 amide bonds. The molecular formula is C32H35N5O5.